The van der Waals surface area contributed by atoms with Crippen LogP contribution < -0.4 is 14.8 Å². The molecule has 3 heterocycles. The monoisotopic (exact) mass is 448 g/mol. The van der Waals surface area contributed by atoms with Gasteiger partial charge in [0.2, 0.25) is 12.7 Å². The molecule has 1 aromatic heterocycles. The van der Waals surface area contributed by atoms with Gasteiger partial charge in [0.15, 0.2) is 17.3 Å². The first-order chi connectivity index (χ1) is 15.5. The van der Waals surface area contributed by atoms with Crippen LogP contribution in [0.25, 0.3) is 0 Å². The number of hydrogen-bond donors (Lipinski definition) is 1. The van der Waals surface area contributed by atoms with E-state index in [1.807, 2.05) is 41.8 Å². The van der Waals surface area contributed by atoms with E-state index in [2.05, 4.69) is 5.32 Å². The molecule has 3 aromatic rings. The molecule has 0 saturated carbocycles. The standard InChI is InChI=1S/C24H20N2O5S/c1-14(27)17-9-20-21(31-13-30-20)10-18(17)25-23(28)11-19(22-7-4-8-32-22)26-12-15-5-2-3-6-16(15)24(26)29/h2-10,19H,11-13H2,1H3,(H,25,28). The molecule has 0 fully saturated rings. The van der Waals surface area contributed by atoms with Crippen molar-refractivity contribution in [3.63, 3.8) is 0 Å². The van der Waals surface area contributed by atoms with E-state index in [9.17, 15) is 14.4 Å². The molecule has 0 spiro atoms. The first-order valence-electron chi connectivity index (χ1n) is 10.2. The van der Waals surface area contributed by atoms with Crippen LogP contribution in [0.4, 0.5) is 5.69 Å². The fraction of sp³-hybridized carbons (Fsp3) is 0.208. The fourth-order valence-electron chi connectivity index (χ4n) is 4.09. The van der Waals surface area contributed by atoms with Gasteiger partial charge in [-0.25, -0.2) is 0 Å². The smallest absolute Gasteiger partial charge is 0.255 e. The van der Waals surface area contributed by atoms with Crippen LogP contribution >= 0.6 is 11.3 Å². The van der Waals surface area contributed by atoms with Gasteiger partial charge in [-0.15, -0.1) is 11.3 Å². The van der Waals surface area contributed by atoms with E-state index in [0.717, 1.165) is 10.4 Å². The van der Waals surface area contributed by atoms with E-state index in [1.165, 1.54) is 18.3 Å². The van der Waals surface area contributed by atoms with E-state index in [-0.39, 0.29) is 30.8 Å². The second kappa shape index (κ2) is 8.12. The minimum Gasteiger partial charge on any atom is -0.454 e. The van der Waals surface area contributed by atoms with Crippen LogP contribution in [0.3, 0.4) is 0 Å². The quantitative estimate of drug-likeness (QED) is 0.565. The van der Waals surface area contributed by atoms with Crippen molar-refractivity contribution in [1.29, 1.82) is 0 Å². The number of hydrogen-bond acceptors (Lipinski definition) is 6. The van der Waals surface area contributed by atoms with Gasteiger partial charge < -0.3 is 19.7 Å². The number of ketones is 1. The number of benzene rings is 2. The first-order valence-corrected chi connectivity index (χ1v) is 11.1. The molecule has 7 nitrogen and oxygen atoms in total. The number of ether oxygens (including phenoxy) is 2. The highest BCUT2D eigenvalue weighted by Crippen LogP contribution is 2.38. The largest absolute Gasteiger partial charge is 0.454 e. The number of amides is 2. The lowest BCUT2D eigenvalue weighted by Gasteiger charge is -2.27. The van der Waals surface area contributed by atoms with Crippen molar-refractivity contribution in [3.05, 3.63) is 75.5 Å². The molecule has 0 bridgehead atoms. The number of nitrogens with zero attached hydrogens (tertiary/aromatic N) is 1. The zero-order chi connectivity index (χ0) is 22.2. The number of nitrogens with one attached hydrogen (secondary N) is 1. The van der Waals surface area contributed by atoms with Crippen LogP contribution in [0.2, 0.25) is 0 Å². The van der Waals surface area contributed by atoms with Crippen LogP contribution in [0.1, 0.15) is 50.5 Å². The highest BCUT2D eigenvalue weighted by atomic mass is 32.1. The van der Waals surface area contributed by atoms with Crippen molar-refractivity contribution in [1.82, 2.24) is 4.90 Å². The molecule has 2 aromatic carbocycles. The minimum absolute atomic E-state index is 0.0615. The molecule has 2 aliphatic heterocycles. The number of anilines is 1. The van der Waals surface area contributed by atoms with Crippen molar-refractivity contribution >= 4 is 34.6 Å². The summed E-state index contributed by atoms with van der Waals surface area (Å²) >= 11 is 1.51. The Morgan fingerprint density at radius 1 is 1.12 bits per heavy atom. The van der Waals surface area contributed by atoms with Crippen molar-refractivity contribution < 1.29 is 23.9 Å². The van der Waals surface area contributed by atoms with Gasteiger partial charge in [0.25, 0.3) is 5.91 Å². The maximum absolute atomic E-state index is 13.1. The second-order valence-electron chi connectivity index (χ2n) is 7.68. The van der Waals surface area contributed by atoms with Gasteiger partial charge in [-0.2, -0.15) is 0 Å². The topological polar surface area (TPSA) is 84.9 Å². The SMILES string of the molecule is CC(=O)c1cc2c(cc1NC(=O)CC(c1cccs1)N1Cc3ccccc3C1=O)OCO2. The molecule has 32 heavy (non-hydrogen) atoms. The maximum Gasteiger partial charge on any atom is 0.255 e. The van der Waals surface area contributed by atoms with E-state index in [0.29, 0.717) is 34.9 Å². The third kappa shape index (κ3) is 3.62. The zero-order valence-corrected chi connectivity index (χ0v) is 18.1. The van der Waals surface area contributed by atoms with Gasteiger partial charge in [-0.3, -0.25) is 14.4 Å². The molecule has 2 amide bonds. The lowest BCUT2D eigenvalue weighted by molar-refractivity contribution is -0.117. The third-order valence-electron chi connectivity index (χ3n) is 5.64. The molecular weight excluding hydrogens is 428 g/mol. The third-order valence-corrected chi connectivity index (χ3v) is 6.62. The van der Waals surface area contributed by atoms with Crippen LogP contribution in [-0.4, -0.2) is 29.3 Å². The van der Waals surface area contributed by atoms with Gasteiger partial charge >= 0.3 is 0 Å². The van der Waals surface area contributed by atoms with Gasteiger partial charge in [0.05, 0.1) is 18.2 Å². The highest BCUT2D eigenvalue weighted by molar-refractivity contribution is 7.10. The summed E-state index contributed by atoms with van der Waals surface area (Å²) < 4.78 is 10.7. The Labute approximate surface area is 188 Å². The Hall–Kier alpha value is -3.65. The lowest BCUT2D eigenvalue weighted by Crippen LogP contribution is -2.31. The van der Waals surface area contributed by atoms with Crippen LogP contribution in [-0.2, 0) is 11.3 Å². The Morgan fingerprint density at radius 2 is 1.91 bits per heavy atom. The molecule has 2 aliphatic rings. The first kappa shape index (κ1) is 20.3. The fourth-order valence-corrected chi connectivity index (χ4v) is 4.93. The van der Waals surface area contributed by atoms with Crippen LogP contribution in [0.15, 0.2) is 53.9 Å². The Kier molecular flexibility index (Phi) is 5.14. The maximum atomic E-state index is 13.1. The van der Waals surface area contributed by atoms with Crippen LogP contribution in [0.5, 0.6) is 11.5 Å². The highest BCUT2D eigenvalue weighted by Gasteiger charge is 2.35. The van der Waals surface area contributed by atoms with E-state index in [1.54, 1.807) is 17.0 Å². The molecule has 5 rings (SSSR count). The number of carbonyl (C=O) groups excluding carboxylic acids is 3. The van der Waals surface area contributed by atoms with E-state index >= 15 is 0 Å². The number of Topliss-reactive ketones (excluding diaryl/α,β-unsaturated/α-hetero) is 1. The normalized spacial score (nSPS) is 14.9. The van der Waals surface area contributed by atoms with Gasteiger partial charge in [-0.05, 0) is 36.1 Å². The number of fused-ring (bicyclic) bond motifs is 2. The Morgan fingerprint density at radius 3 is 2.62 bits per heavy atom. The molecule has 0 radical (unpaired) electrons. The number of carbonyl (C=O) groups is 3. The number of rotatable bonds is 6. The predicted molar refractivity (Wildman–Crippen MR) is 119 cm³/mol. The average molecular weight is 449 g/mol. The summed E-state index contributed by atoms with van der Waals surface area (Å²) in [5, 5.41) is 4.77. The summed E-state index contributed by atoms with van der Waals surface area (Å²) in [6, 6.07) is 14.1. The minimum atomic E-state index is -0.412. The average Bonchev–Trinajstić information content (AvgIpc) is 3.52. The molecule has 8 heteroatoms. The van der Waals surface area contributed by atoms with Crippen molar-refractivity contribution in [2.75, 3.05) is 12.1 Å². The summed E-state index contributed by atoms with van der Waals surface area (Å²) in [7, 11) is 0. The van der Waals surface area contributed by atoms with Crippen molar-refractivity contribution in [3.8, 4) is 11.5 Å². The van der Waals surface area contributed by atoms with Crippen molar-refractivity contribution in [2.45, 2.75) is 25.9 Å². The summed E-state index contributed by atoms with van der Waals surface area (Å²) in [5.74, 6) is 0.377. The zero-order valence-electron chi connectivity index (χ0n) is 17.3. The van der Waals surface area contributed by atoms with Crippen molar-refractivity contribution in [2.24, 2.45) is 0 Å². The lowest BCUT2D eigenvalue weighted by atomic mass is 10.1. The number of thiophene rings is 1. The Bertz CT molecular complexity index is 1220. The Balaban J connectivity index is 1.41. The molecule has 1 atom stereocenters. The molecule has 1 unspecified atom stereocenters. The molecule has 0 aliphatic carbocycles. The second-order valence-corrected chi connectivity index (χ2v) is 8.66. The predicted octanol–water partition coefficient (Wildman–Crippen LogP) is 4.41. The summed E-state index contributed by atoms with van der Waals surface area (Å²) in [4.78, 5) is 41.0. The summed E-state index contributed by atoms with van der Waals surface area (Å²) in [5.41, 5.74) is 2.34. The van der Waals surface area contributed by atoms with Crippen LogP contribution in [0, 0.1) is 0 Å². The molecule has 0 saturated heterocycles. The van der Waals surface area contributed by atoms with Gasteiger partial charge in [0, 0.05) is 28.6 Å². The van der Waals surface area contributed by atoms with E-state index in [4.69, 9.17) is 9.47 Å². The van der Waals surface area contributed by atoms with E-state index < -0.39 is 6.04 Å². The molecule has 162 valence electrons. The van der Waals surface area contributed by atoms with Gasteiger partial charge in [-0.1, -0.05) is 24.3 Å². The molecular formula is C24H20N2O5S. The summed E-state index contributed by atoms with van der Waals surface area (Å²) in [6.45, 7) is 1.96. The summed E-state index contributed by atoms with van der Waals surface area (Å²) in [6.07, 6.45) is 0.0615. The molecule has 1 N–H and O–H groups in total. The van der Waals surface area contributed by atoms with Gasteiger partial charge in [0.1, 0.15) is 0 Å².